The molecule has 0 fully saturated rings. The van der Waals surface area contributed by atoms with Crippen LogP contribution in [0.3, 0.4) is 0 Å². The van der Waals surface area contributed by atoms with Crippen molar-refractivity contribution < 1.29 is 20.3 Å². The van der Waals surface area contributed by atoms with Gasteiger partial charge in [0.15, 0.2) is 0 Å². The minimum absolute atomic E-state index is 0.126. The fourth-order valence-electron chi connectivity index (χ4n) is 1.54. The predicted molar refractivity (Wildman–Crippen MR) is 51.7 cm³/mol. The molecule has 4 heteroatoms. The van der Waals surface area contributed by atoms with E-state index in [9.17, 15) is 0 Å². The Balaban J connectivity index is 3.28. The van der Waals surface area contributed by atoms with Crippen LogP contribution < -0.4 is 9.78 Å². The summed E-state index contributed by atoms with van der Waals surface area (Å²) in [7, 11) is 0. The summed E-state index contributed by atoms with van der Waals surface area (Å²) in [4.78, 5) is 8.31. The van der Waals surface area contributed by atoms with E-state index in [0.717, 1.165) is 17.5 Å². The number of aryl methyl sites for hydroxylation is 1. The maximum absolute atomic E-state index is 8.69. The third kappa shape index (κ3) is 1.81. The van der Waals surface area contributed by atoms with Gasteiger partial charge in [0.25, 0.3) is 0 Å². The van der Waals surface area contributed by atoms with Gasteiger partial charge in [-0.1, -0.05) is 19.9 Å². The van der Waals surface area contributed by atoms with Crippen LogP contribution in [0.25, 0.3) is 0 Å². The van der Waals surface area contributed by atoms with E-state index in [1.54, 1.807) is 6.07 Å². The van der Waals surface area contributed by atoms with E-state index >= 15 is 0 Å². The van der Waals surface area contributed by atoms with Gasteiger partial charge in [0, 0.05) is 5.56 Å². The van der Waals surface area contributed by atoms with Crippen LogP contribution in [0, 0.1) is 0 Å². The topological polar surface area (TPSA) is 58.9 Å². The lowest BCUT2D eigenvalue weighted by atomic mass is 10.0. The monoisotopic (exact) mass is 198 g/mol. The van der Waals surface area contributed by atoms with Crippen molar-refractivity contribution in [1.29, 1.82) is 0 Å². The molecule has 0 unspecified atom stereocenters. The Hall–Kier alpha value is -1.26. The zero-order chi connectivity index (χ0) is 10.6. The molecule has 0 aromatic heterocycles. The molecule has 0 amide bonds. The summed E-state index contributed by atoms with van der Waals surface area (Å²) in [6.07, 6.45) is 1.54. The Morgan fingerprint density at radius 3 is 2.21 bits per heavy atom. The lowest BCUT2D eigenvalue weighted by Gasteiger charge is -2.11. The first-order valence-corrected chi connectivity index (χ1v) is 4.56. The molecule has 1 aromatic carbocycles. The number of hydrogen-bond acceptors (Lipinski definition) is 4. The molecule has 0 bridgehead atoms. The molecule has 0 atom stereocenters. The summed E-state index contributed by atoms with van der Waals surface area (Å²) >= 11 is 0. The van der Waals surface area contributed by atoms with Gasteiger partial charge >= 0.3 is 0 Å². The van der Waals surface area contributed by atoms with Crippen LogP contribution in [0.4, 0.5) is 0 Å². The van der Waals surface area contributed by atoms with E-state index in [1.165, 1.54) is 0 Å². The highest BCUT2D eigenvalue weighted by atomic mass is 17.1. The summed E-state index contributed by atoms with van der Waals surface area (Å²) in [5.74, 6) is 0.316. The van der Waals surface area contributed by atoms with Gasteiger partial charge in [-0.3, -0.25) is 0 Å². The number of hydrogen-bond donors (Lipinski definition) is 2. The van der Waals surface area contributed by atoms with Crippen LogP contribution in [0.1, 0.15) is 25.0 Å². The lowest BCUT2D eigenvalue weighted by Crippen LogP contribution is -1.99. The minimum Gasteiger partial charge on any atom is -0.336 e. The van der Waals surface area contributed by atoms with E-state index in [0.29, 0.717) is 6.42 Å². The fraction of sp³-hybridized carbons (Fsp3) is 0.400. The highest BCUT2D eigenvalue weighted by molar-refractivity contribution is 5.50. The Morgan fingerprint density at radius 1 is 1.07 bits per heavy atom. The first-order valence-electron chi connectivity index (χ1n) is 4.56. The van der Waals surface area contributed by atoms with E-state index < -0.39 is 0 Å². The van der Waals surface area contributed by atoms with Crippen LogP contribution in [-0.4, -0.2) is 10.5 Å². The molecule has 1 aromatic rings. The van der Waals surface area contributed by atoms with Gasteiger partial charge in [0.1, 0.15) is 0 Å². The second-order valence-corrected chi connectivity index (χ2v) is 2.92. The average Bonchev–Trinajstić information content (AvgIpc) is 2.26. The standard InChI is InChI=1S/C10H14O4/c1-3-7-5-6-9(13-11)10(14-12)8(7)4-2/h5-6,11-12H,3-4H2,1-2H3. The fourth-order valence-corrected chi connectivity index (χ4v) is 1.54. The number of benzene rings is 1. The molecule has 1 rings (SSSR count). The maximum atomic E-state index is 8.69. The third-order valence-electron chi connectivity index (χ3n) is 2.25. The molecule has 0 aliphatic heterocycles. The van der Waals surface area contributed by atoms with Gasteiger partial charge in [-0.05, 0) is 24.5 Å². The van der Waals surface area contributed by atoms with Crippen LogP contribution in [0.5, 0.6) is 11.5 Å². The molecule has 0 saturated heterocycles. The van der Waals surface area contributed by atoms with E-state index in [1.807, 2.05) is 19.9 Å². The van der Waals surface area contributed by atoms with Crippen molar-refractivity contribution in [3.05, 3.63) is 23.3 Å². The summed E-state index contributed by atoms with van der Waals surface area (Å²) in [6, 6.07) is 3.40. The Morgan fingerprint density at radius 2 is 1.79 bits per heavy atom. The van der Waals surface area contributed by atoms with Crippen LogP contribution in [0.2, 0.25) is 0 Å². The van der Waals surface area contributed by atoms with Crippen molar-refractivity contribution in [2.45, 2.75) is 26.7 Å². The molecular formula is C10H14O4. The smallest absolute Gasteiger partial charge is 0.214 e. The molecule has 0 radical (unpaired) electrons. The van der Waals surface area contributed by atoms with E-state index in [-0.39, 0.29) is 11.5 Å². The largest absolute Gasteiger partial charge is 0.336 e. The Bertz CT molecular complexity index is 278. The first-order chi connectivity index (χ1) is 6.78. The molecule has 2 N–H and O–H groups in total. The molecule has 0 aliphatic rings. The van der Waals surface area contributed by atoms with Crippen molar-refractivity contribution in [2.24, 2.45) is 0 Å². The lowest BCUT2D eigenvalue weighted by molar-refractivity contribution is -0.164. The van der Waals surface area contributed by atoms with Crippen molar-refractivity contribution >= 4 is 0 Å². The van der Waals surface area contributed by atoms with Crippen molar-refractivity contribution in [3.8, 4) is 11.5 Å². The highest BCUT2D eigenvalue weighted by Crippen LogP contribution is 2.33. The van der Waals surface area contributed by atoms with E-state index in [2.05, 4.69) is 9.78 Å². The molecule has 0 spiro atoms. The molecule has 0 heterocycles. The van der Waals surface area contributed by atoms with Crippen LogP contribution >= 0.6 is 0 Å². The van der Waals surface area contributed by atoms with Gasteiger partial charge in [-0.2, -0.15) is 0 Å². The van der Waals surface area contributed by atoms with Crippen molar-refractivity contribution in [3.63, 3.8) is 0 Å². The molecule has 0 saturated carbocycles. The minimum atomic E-state index is 0.126. The van der Waals surface area contributed by atoms with Gasteiger partial charge in [-0.25, -0.2) is 10.5 Å². The zero-order valence-corrected chi connectivity index (χ0v) is 8.28. The van der Waals surface area contributed by atoms with Gasteiger partial charge in [0.05, 0.1) is 0 Å². The summed E-state index contributed by atoms with van der Waals surface area (Å²) in [5, 5.41) is 17.2. The maximum Gasteiger partial charge on any atom is 0.214 e. The second-order valence-electron chi connectivity index (χ2n) is 2.92. The quantitative estimate of drug-likeness (QED) is 0.576. The SMILES string of the molecule is CCc1ccc(OO)c(OO)c1CC. The normalized spacial score (nSPS) is 10.0. The summed E-state index contributed by atoms with van der Waals surface area (Å²) in [5.41, 5.74) is 1.92. The Labute approximate surface area is 82.6 Å². The summed E-state index contributed by atoms with van der Waals surface area (Å²) < 4.78 is 0. The average molecular weight is 198 g/mol. The Kier molecular flexibility index (Phi) is 3.73. The highest BCUT2D eigenvalue weighted by Gasteiger charge is 2.14. The predicted octanol–water partition coefficient (Wildman–Crippen LogP) is 2.52. The van der Waals surface area contributed by atoms with Gasteiger partial charge in [0.2, 0.25) is 11.5 Å². The van der Waals surface area contributed by atoms with Crippen molar-refractivity contribution in [2.75, 3.05) is 0 Å². The second kappa shape index (κ2) is 4.83. The molecule has 0 aliphatic carbocycles. The first kappa shape index (κ1) is 10.8. The van der Waals surface area contributed by atoms with Crippen LogP contribution in [0.15, 0.2) is 12.1 Å². The molecule has 14 heavy (non-hydrogen) atoms. The number of rotatable bonds is 4. The molecular weight excluding hydrogens is 184 g/mol. The van der Waals surface area contributed by atoms with Crippen LogP contribution in [-0.2, 0) is 12.8 Å². The summed E-state index contributed by atoms with van der Waals surface area (Å²) in [6.45, 7) is 3.95. The van der Waals surface area contributed by atoms with Gasteiger partial charge in [-0.15, -0.1) is 0 Å². The zero-order valence-electron chi connectivity index (χ0n) is 8.28. The molecule has 4 nitrogen and oxygen atoms in total. The van der Waals surface area contributed by atoms with Gasteiger partial charge < -0.3 is 9.78 Å². The van der Waals surface area contributed by atoms with E-state index in [4.69, 9.17) is 10.5 Å². The third-order valence-corrected chi connectivity index (χ3v) is 2.25. The van der Waals surface area contributed by atoms with Crippen molar-refractivity contribution in [1.82, 2.24) is 0 Å². The molecule has 78 valence electrons.